The van der Waals surface area contributed by atoms with Crippen LogP contribution < -0.4 is 10.7 Å². The van der Waals surface area contributed by atoms with E-state index in [-0.39, 0.29) is 11.3 Å². The topological polar surface area (TPSA) is 61.4 Å². The number of carbonyl (C=O) groups is 2. The van der Waals surface area contributed by atoms with Crippen LogP contribution in [0.3, 0.4) is 0 Å². The molecule has 0 aromatic carbocycles. The van der Waals surface area contributed by atoms with Crippen molar-refractivity contribution < 1.29 is 9.59 Å². The van der Waals surface area contributed by atoms with Gasteiger partial charge in [-0.2, -0.15) is 0 Å². The first-order chi connectivity index (χ1) is 5.68. The highest BCUT2D eigenvalue weighted by atomic mass is 35.5. The standard InChI is InChI=1S/C6H8ClN3O2/c7-3-1-2-10-4(3)5(11)8-6(12)9-10/h3-4H,1-2H2,(H2,8,9,11,12). The number of halogens is 1. The molecule has 2 saturated heterocycles. The fraction of sp³-hybridized carbons (Fsp3) is 0.667. The molecule has 2 heterocycles. The van der Waals surface area contributed by atoms with Gasteiger partial charge in [0.15, 0.2) is 0 Å². The summed E-state index contributed by atoms with van der Waals surface area (Å²) in [7, 11) is 0. The van der Waals surface area contributed by atoms with Crippen LogP contribution in [-0.2, 0) is 4.79 Å². The summed E-state index contributed by atoms with van der Waals surface area (Å²) in [5.41, 5.74) is 2.52. The van der Waals surface area contributed by atoms with E-state index in [0.29, 0.717) is 6.54 Å². The number of imide groups is 1. The van der Waals surface area contributed by atoms with Gasteiger partial charge in [0.25, 0.3) is 0 Å². The second-order valence-electron chi connectivity index (χ2n) is 2.87. The largest absolute Gasteiger partial charge is 0.336 e. The smallest absolute Gasteiger partial charge is 0.276 e. The van der Waals surface area contributed by atoms with E-state index in [1.807, 2.05) is 0 Å². The van der Waals surface area contributed by atoms with Crippen LogP contribution >= 0.6 is 11.6 Å². The lowest BCUT2D eigenvalue weighted by atomic mass is 10.2. The zero-order chi connectivity index (χ0) is 8.72. The Morgan fingerprint density at radius 2 is 2.25 bits per heavy atom. The van der Waals surface area contributed by atoms with Gasteiger partial charge in [-0.05, 0) is 6.42 Å². The Balaban J connectivity index is 2.19. The minimum Gasteiger partial charge on any atom is -0.276 e. The van der Waals surface area contributed by atoms with Crippen molar-refractivity contribution in [3.05, 3.63) is 0 Å². The van der Waals surface area contributed by atoms with Gasteiger partial charge in [-0.1, -0.05) is 0 Å². The number of urea groups is 1. The van der Waals surface area contributed by atoms with Crippen molar-refractivity contribution in [2.75, 3.05) is 6.54 Å². The first kappa shape index (κ1) is 7.82. The maximum absolute atomic E-state index is 11.2. The number of amides is 3. The van der Waals surface area contributed by atoms with Crippen molar-refractivity contribution in [1.29, 1.82) is 0 Å². The van der Waals surface area contributed by atoms with Crippen molar-refractivity contribution in [2.45, 2.75) is 17.8 Å². The molecule has 2 aliphatic rings. The molecule has 0 saturated carbocycles. The molecular formula is C6H8ClN3O2. The van der Waals surface area contributed by atoms with E-state index in [4.69, 9.17) is 11.6 Å². The number of hydrogen-bond acceptors (Lipinski definition) is 3. The number of alkyl halides is 1. The minimum absolute atomic E-state index is 0.203. The van der Waals surface area contributed by atoms with Crippen molar-refractivity contribution in [3.8, 4) is 0 Å². The first-order valence-corrected chi connectivity index (χ1v) is 4.14. The fourth-order valence-corrected chi connectivity index (χ4v) is 1.88. The molecule has 0 bridgehead atoms. The van der Waals surface area contributed by atoms with Crippen LogP contribution in [0, 0.1) is 0 Å². The zero-order valence-corrected chi connectivity index (χ0v) is 6.97. The van der Waals surface area contributed by atoms with Gasteiger partial charge in [-0.15, -0.1) is 11.6 Å². The van der Waals surface area contributed by atoms with Crippen LogP contribution in [0.1, 0.15) is 6.42 Å². The number of hydrogen-bond donors (Lipinski definition) is 2. The molecule has 0 radical (unpaired) electrons. The Kier molecular flexibility index (Phi) is 1.69. The Morgan fingerprint density at radius 1 is 1.50 bits per heavy atom. The second kappa shape index (κ2) is 2.60. The van der Waals surface area contributed by atoms with Crippen LogP contribution in [0.4, 0.5) is 4.79 Å². The van der Waals surface area contributed by atoms with Crippen LogP contribution in [0.25, 0.3) is 0 Å². The van der Waals surface area contributed by atoms with Crippen LogP contribution in [0.5, 0.6) is 0 Å². The quantitative estimate of drug-likeness (QED) is 0.502. The summed E-state index contributed by atoms with van der Waals surface area (Å²) in [6, 6.07) is -0.869. The lowest BCUT2D eigenvalue weighted by Crippen LogP contribution is -2.63. The second-order valence-corrected chi connectivity index (χ2v) is 3.43. The Bertz CT molecular complexity index is 245. The predicted molar refractivity (Wildman–Crippen MR) is 41.4 cm³/mol. The Morgan fingerprint density at radius 3 is 3.00 bits per heavy atom. The summed E-state index contributed by atoms with van der Waals surface area (Å²) in [4.78, 5) is 22.0. The van der Waals surface area contributed by atoms with Gasteiger partial charge in [0.2, 0.25) is 5.91 Å². The SMILES string of the molecule is O=C1NC(=O)C2C(Cl)CCN2N1. The molecule has 5 nitrogen and oxygen atoms in total. The molecular weight excluding hydrogens is 182 g/mol. The van der Waals surface area contributed by atoms with Crippen molar-refractivity contribution in [3.63, 3.8) is 0 Å². The van der Waals surface area contributed by atoms with E-state index in [9.17, 15) is 9.59 Å². The van der Waals surface area contributed by atoms with Gasteiger partial charge in [0.1, 0.15) is 6.04 Å². The van der Waals surface area contributed by atoms with Crippen molar-refractivity contribution in [1.82, 2.24) is 15.8 Å². The molecule has 2 fully saturated rings. The highest BCUT2D eigenvalue weighted by Gasteiger charge is 2.42. The number of hydrazine groups is 1. The number of carbonyl (C=O) groups excluding carboxylic acids is 2. The molecule has 0 aromatic rings. The summed E-state index contributed by atoms with van der Waals surface area (Å²) in [6.07, 6.45) is 0.722. The average molecular weight is 190 g/mol. The highest BCUT2D eigenvalue weighted by molar-refractivity contribution is 6.23. The molecule has 12 heavy (non-hydrogen) atoms. The average Bonchev–Trinajstić information content (AvgIpc) is 2.31. The van der Waals surface area contributed by atoms with Crippen molar-refractivity contribution in [2.24, 2.45) is 0 Å². The third kappa shape index (κ3) is 1.05. The van der Waals surface area contributed by atoms with E-state index in [2.05, 4.69) is 10.7 Å². The van der Waals surface area contributed by atoms with Gasteiger partial charge in [-0.3, -0.25) is 15.5 Å². The first-order valence-electron chi connectivity index (χ1n) is 3.70. The normalized spacial score (nSPS) is 35.8. The number of nitrogens with zero attached hydrogens (tertiary/aromatic N) is 1. The van der Waals surface area contributed by atoms with E-state index in [1.165, 1.54) is 0 Å². The Hall–Kier alpha value is -0.810. The zero-order valence-electron chi connectivity index (χ0n) is 6.21. The molecule has 0 spiro atoms. The fourth-order valence-electron chi connectivity index (χ4n) is 1.53. The van der Waals surface area contributed by atoms with Gasteiger partial charge in [0.05, 0.1) is 5.38 Å². The molecule has 0 aromatic heterocycles. The van der Waals surface area contributed by atoms with Crippen LogP contribution in [0.15, 0.2) is 0 Å². The van der Waals surface area contributed by atoms with E-state index in [0.717, 1.165) is 6.42 Å². The summed E-state index contributed by atoms with van der Waals surface area (Å²) in [5.74, 6) is -0.309. The van der Waals surface area contributed by atoms with Crippen LogP contribution in [0.2, 0.25) is 0 Å². The minimum atomic E-state index is -0.470. The van der Waals surface area contributed by atoms with Crippen LogP contribution in [-0.4, -0.2) is 34.9 Å². The molecule has 6 heteroatoms. The molecule has 2 aliphatic heterocycles. The molecule has 2 rings (SSSR count). The summed E-state index contributed by atoms with van der Waals surface area (Å²) in [6.45, 7) is 0.637. The van der Waals surface area contributed by atoms with Gasteiger partial charge >= 0.3 is 6.03 Å². The third-order valence-corrected chi connectivity index (χ3v) is 2.53. The van der Waals surface area contributed by atoms with E-state index >= 15 is 0 Å². The van der Waals surface area contributed by atoms with E-state index in [1.54, 1.807) is 5.01 Å². The van der Waals surface area contributed by atoms with E-state index < -0.39 is 12.1 Å². The predicted octanol–water partition coefficient (Wildman–Crippen LogP) is -0.578. The molecule has 2 N–H and O–H groups in total. The summed E-state index contributed by atoms with van der Waals surface area (Å²) in [5, 5.41) is 3.55. The molecule has 0 aliphatic carbocycles. The van der Waals surface area contributed by atoms with Gasteiger partial charge in [-0.25, -0.2) is 9.80 Å². The third-order valence-electron chi connectivity index (χ3n) is 2.07. The van der Waals surface area contributed by atoms with Crippen molar-refractivity contribution >= 4 is 23.5 Å². The molecule has 2 unspecified atom stereocenters. The Labute approximate surface area is 74.0 Å². The monoisotopic (exact) mass is 189 g/mol. The lowest BCUT2D eigenvalue weighted by molar-refractivity contribution is -0.126. The number of rotatable bonds is 0. The van der Waals surface area contributed by atoms with Gasteiger partial charge in [0, 0.05) is 6.54 Å². The summed E-state index contributed by atoms with van der Waals surface area (Å²) < 4.78 is 0. The lowest BCUT2D eigenvalue weighted by Gasteiger charge is -2.29. The molecule has 66 valence electrons. The molecule has 3 amide bonds. The van der Waals surface area contributed by atoms with Gasteiger partial charge < -0.3 is 0 Å². The number of fused-ring (bicyclic) bond motifs is 1. The maximum Gasteiger partial charge on any atom is 0.336 e. The summed E-state index contributed by atoms with van der Waals surface area (Å²) >= 11 is 5.87. The highest BCUT2D eigenvalue weighted by Crippen LogP contribution is 2.22. The number of nitrogens with one attached hydrogen (secondary N) is 2. The molecule has 2 atom stereocenters. The maximum atomic E-state index is 11.2.